The number of sulfonamides is 1. The van der Waals surface area contributed by atoms with Gasteiger partial charge >= 0.3 is 0 Å². The Labute approximate surface area is 162 Å². The minimum atomic E-state index is -3.75. The molecule has 0 aliphatic heterocycles. The summed E-state index contributed by atoms with van der Waals surface area (Å²) in [6.07, 6.45) is 1.53. The maximum absolute atomic E-state index is 12.3. The first-order chi connectivity index (χ1) is 13.3. The number of para-hydroxylation sites is 1. The zero-order chi connectivity index (χ0) is 20.1. The van der Waals surface area contributed by atoms with Crippen LogP contribution in [0.15, 0.2) is 65.7 Å². The van der Waals surface area contributed by atoms with Crippen molar-refractivity contribution in [2.75, 3.05) is 11.9 Å². The van der Waals surface area contributed by atoms with Gasteiger partial charge in [0.25, 0.3) is 0 Å². The summed E-state index contributed by atoms with van der Waals surface area (Å²) in [5, 5.41) is 3.60. The average molecular weight is 397 g/mol. The summed E-state index contributed by atoms with van der Waals surface area (Å²) in [5.74, 6) is -0.469. The van der Waals surface area contributed by atoms with Crippen LogP contribution < -0.4 is 10.0 Å². The van der Waals surface area contributed by atoms with Crippen molar-refractivity contribution in [2.24, 2.45) is 0 Å². The Hall–Kier alpha value is -3.10. The van der Waals surface area contributed by atoms with E-state index in [2.05, 4.69) is 15.0 Å². The molecule has 1 aromatic heterocycles. The van der Waals surface area contributed by atoms with Gasteiger partial charge in [0.2, 0.25) is 15.9 Å². The highest BCUT2D eigenvalue weighted by Gasteiger charge is 2.14. The Balaban J connectivity index is 1.55. The maximum atomic E-state index is 12.3. The van der Waals surface area contributed by atoms with Gasteiger partial charge in [-0.3, -0.25) is 14.6 Å². The highest BCUT2D eigenvalue weighted by atomic mass is 32.2. The molecule has 1 heterocycles. The van der Waals surface area contributed by atoms with Crippen molar-refractivity contribution >= 4 is 38.3 Å². The van der Waals surface area contributed by atoms with E-state index in [1.165, 1.54) is 31.2 Å². The molecule has 144 valence electrons. The maximum Gasteiger partial charge on any atom is 0.240 e. The number of carbonyl (C=O) groups excluding carboxylic acids is 2. The molecule has 0 aliphatic rings. The summed E-state index contributed by atoms with van der Waals surface area (Å²) in [6.45, 7) is 1.36. The Bertz CT molecular complexity index is 1130. The van der Waals surface area contributed by atoms with Crippen molar-refractivity contribution in [3.63, 3.8) is 0 Å². The van der Waals surface area contributed by atoms with Gasteiger partial charge in [0.15, 0.2) is 5.78 Å². The lowest BCUT2D eigenvalue weighted by Gasteiger charge is -2.08. The van der Waals surface area contributed by atoms with E-state index >= 15 is 0 Å². The molecule has 7 nitrogen and oxygen atoms in total. The molecular formula is C20H19N3O4S. The normalized spacial score (nSPS) is 11.3. The second kappa shape index (κ2) is 8.28. The van der Waals surface area contributed by atoms with Crippen LogP contribution in [0.25, 0.3) is 10.9 Å². The molecule has 1 amide bonds. The fourth-order valence-electron chi connectivity index (χ4n) is 2.61. The van der Waals surface area contributed by atoms with Crippen LogP contribution in [-0.2, 0) is 14.8 Å². The van der Waals surface area contributed by atoms with E-state index in [9.17, 15) is 18.0 Å². The molecule has 0 radical (unpaired) electrons. The van der Waals surface area contributed by atoms with Crippen molar-refractivity contribution in [3.8, 4) is 0 Å². The van der Waals surface area contributed by atoms with Crippen molar-refractivity contribution in [1.29, 1.82) is 0 Å². The molecule has 2 N–H and O–H groups in total. The molecule has 28 heavy (non-hydrogen) atoms. The number of hydrogen-bond donors (Lipinski definition) is 2. The number of amides is 1. The average Bonchev–Trinajstić information content (AvgIpc) is 2.68. The molecule has 0 bridgehead atoms. The van der Waals surface area contributed by atoms with E-state index in [0.717, 1.165) is 10.9 Å². The Kier molecular flexibility index (Phi) is 5.81. The van der Waals surface area contributed by atoms with E-state index in [4.69, 9.17) is 0 Å². The Morgan fingerprint density at radius 1 is 1.04 bits per heavy atom. The van der Waals surface area contributed by atoms with Crippen molar-refractivity contribution in [2.45, 2.75) is 18.2 Å². The summed E-state index contributed by atoms with van der Waals surface area (Å²) in [6, 6.07) is 15.0. The predicted octanol–water partition coefficient (Wildman–Crippen LogP) is 2.74. The van der Waals surface area contributed by atoms with E-state index in [-0.39, 0.29) is 29.6 Å². The van der Waals surface area contributed by atoms with Crippen LogP contribution in [0.1, 0.15) is 23.7 Å². The molecule has 0 unspecified atom stereocenters. The van der Waals surface area contributed by atoms with Crippen molar-refractivity contribution in [3.05, 3.63) is 66.4 Å². The van der Waals surface area contributed by atoms with Gasteiger partial charge < -0.3 is 5.32 Å². The first kappa shape index (κ1) is 19.7. The van der Waals surface area contributed by atoms with Crippen LogP contribution >= 0.6 is 0 Å². The van der Waals surface area contributed by atoms with Crippen molar-refractivity contribution in [1.82, 2.24) is 9.71 Å². The Morgan fingerprint density at radius 2 is 1.75 bits per heavy atom. The zero-order valence-electron chi connectivity index (χ0n) is 15.2. The van der Waals surface area contributed by atoms with Gasteiger partial charge in [-0.25, -0.2) is 13.1 Å². The van der Waals surface area contributed by atoms with Crippen LogP contribution in [0, 0.1) is 0 Å². The van der Waals surface area contributed by atoms with Crippen molar-refractivity contribution < 1.29 is 18.0 Å². The number of carbonyl (C=O) groups is 2. The third kappa shape index (κ3) is 4.79. The van der Waals surface area contributed by atoms with E-state index < -0.39 is 10.0 Å². The summed E-state index contributed by atoms with van der Waals surface area (Å²) < 4.78 is 26.9. The number of pyridine rings is 1. The predicted molar refractivity (Wildman–Crippen MR) is 107 cm³/mol. The number of ketones is 1. The topological polar surface area (TPSA) is 105 Å². The van der Waals surface area contributed by atoms with Gasteiger partial charge in [-0.15, -0.1) is 0 Å². The number of nitrogens with one attached hydrogen (secondary N) is 2. The minimum Gasteiger partial charge on any atom is -0.325 e. The summed E-state index contributed by atoms with van der Waals surface area (Å²) in [7, 11) is -3.75. The number of fused-ring (bicyclic) bond motifs is 1. The number of Topliss-reactive ketones (excluding diaryl/α,β-unsaturated/α-hetero) is 1. The largest absolute Gasteiger partial charge is 0.325 e. The third-order valence-corrected chi connectivity index (χ3v) is 5.57. The SMILES string of the molecule is CC(=O)c1ccc(S(=O)(=O)NCCC(=O)Nc2cnc3ccccc3c2)cc1. The number of rotatable bonds is 7. The number of anilines is 1. The summed E-state index contributed by atoms with van der Waals surface area (Å²) >= 11 is 0. The highest BCUT2D eigenvalue weighted by molar-refractivity contribution is 7.89. The second-order valence-corrected chi connectivity index (χ2v) is 7.96. The van der Waals surface area contributed by atoms with Crippen LogP contribution in [0.5, 0.6) is 0 Å². The molecular weight excluding hydrogens is 378 g/mol. The lowest BCUT2D eigenvalue weighted by Crippen LogP contribution is -2.27. The van der Waals surface area contributed by atoms with E-state index in [1.807, 2.05) is 24.3 Å². The van der Waals surface area contributed by atoms with Gasteiger partial charge in [0.1, 0.15) is 0 Å². The number of aromatic nitrogens is 1. The fourth-order valence-corrected chi connectivity index (χ4v) is 3.65. The Morgan fingerprint density at radius 3 is 2.46 bits per heavy atom. The van der Waals surface area contributed by atoms with E-state index in [0.29, 0.717) is 11.3 Å². The van der Waals surface area contributed by atoms with Crippen LogP contribution in [0.2, 0.25) is 0 Å². The van der Waals surface area contributed by atoms with Gasteiger partial charge in [-0.1, -0.05) is 30.3 Å². The first-order valence-electron chi connectivity index (χ1n) is 8.60. The molecule has 3 rings (SSSR count). The highest BCUT2D eigenvalue weighted by Crippen LogP contribution is 2.16. The van der Waals surface area contributed by atoms with Gasteiger partial charge in [-0.05, 0) is 31.2 Å². The monoisotopic (exact) mass is 397 g/mol. The number of hydrogen-bond acceptors (Lipinski definition) is 5. The smallest absolute Gasteiger partial charge is 0.240 e. The second-order valence-electron chi connectivity index (χ2n) is 6.19. The third-order valence-electron chi connectivity index (χ3n) is 4.09. The fraction of sp³-hybridized carbons (Fsp3) is 0.150. The summed E-state index contributed by atoms with van der Waals surface area (Å²) in [4.78, 5) is 27.6. The molecule has 2 aromatic carbocycles. The molecule has 0 fully saturated rings. The van der Waals surface area contributed by atoms with Gasteiger partial charge in [0, 0.05) is 23.9 Å². The van der Waals surface area contributed by atoms with E-state index in [1.54, 1.807) is 12.3 Å². The molecule has 0 spiro atoms. The quantitative estimate of drug-likeness (QED) is 0.597. The number of nitrogens with zero attached hydrogens (tertiary/aromatic N) is 1. The van der Waals surface area contributed by atoms with Crippen LogP contribution in [0.4, 0.5) is 5.69 Å². The van der Waals surface area contributed by atoms with Gasteiger partial charge in [0.05, 0.1) is 22.3 Å². The lowest BCUT2D eigenvalue weighted by molar-refractivity contribution is -0.116. The molecule has 0 aliphatic carbocycles. The lowest BCUT2D eigenvalue weighted by atomic mass is 10.2. The minimum absolute atomic E-state index is 0.0302. The molecule has 0 atom stereocenters. The van der Waals surface area contributed by atoms with Crippen LogP contribution in [-0.4, -0.2) is 31.6 Å². The molecule has 8 heteroatoms. The standard InChI is InChI=1S/C20H19N3O4S/c1-14(24)15-6-8-18(9-7-15)28(26,27)22-11-10-20(25)23-17-12-16-4-2-3-5-19(16)21-13-17/h2-9,12-13,22H,10-11H2,1H3,(H,23,25). The zero-order valence-corrected chi connectivity index (χ0v) is 16.0. The first-order valence-corrected chi connectivity index (χ1v) is 10.1. The molecule has 3 aromatic rings. The van der Waals surface area contributed by atoms with Crippen LogP contribution in [0.3, 0.4) is 0 Å². The summed E-state index contributed by atoms with van der Waals surface area (Å²) in [5.41, 5.74) is 1.80. The molecule has 0 saturated carbocycles. The molecule has 0 saturated heterocycles. The number of benzene rings is 2. The van der Waals surface area contributed by atoms with Gasteiger partial charge in [-0.2, -0.15) is 0 Å².